The van der Waals surface area contributed by atoms with Gasteiger partial charge in [-0.25, -0.2) is 0 Å². The quantitative estimate of drug-likeness (QED) is 0.349. The highest BCUT2D eigenvalue weighted by Crippen LogP contribution is 2.34. The first-order chi connectivity index (χ1) is 13.3. The van der Waals surface area contributed by atoms with Gasteiger partial charge in [0, 0.05) is 0 Å². The molecule has 5 rings (SSSR count). The average molecular weight is 346 g/mol. The maximum atomic E-state index is 2.38. The summed E-state index contributed by atoms with van der Waals surface area (Å²) >= 11 is 0. The fourth-order valence-corrected chi connectivity index (χ4v) is 4.11. The van der Waals surface area contributed by atoms with Crippen LogP contribution in [-0.2, 0) is 0 Å². The molecule has 27 heavy (non-hydrogen) atoms. The second-order valence-electron chi connectivity index (χ2n) is 7.53. The predicted molar refractivity (Wildman–Crippen MR) is 117 cm³/mol. The molecule has 0 saturated heterocycles. The fourth-order valence-electron chi connectivity index (χ4n) is 4.11. The number of rotatable bonds is 2. The second kappa shape index (κ2) is 6.55. The monoisotopic (exact) mass is 346 g/mol. The van der Waals surface area contributed by atoms with Crippen LogP contribution < -0.4 is 0 Å². The summed E-state index contributed by atoms with van der Waals surface area (Å²) in [6, 6.07) is 31.1. The van der Waals surface area contributed by atoms with Crippen molar-refractivity contribution in [3.8, 4) is 22.3 Å². The Hall–Kier alpha value is -3.12. The van der Waals surface area contributed by atoms with Gasteiger partial charge in [-0.15, -0.1) is 0 Å². The zero-order valence-electron chi connectivity index (χ0n) is 15.5. The summed E-state index contributed by atoms with van der Waals surface area (Å²) in [5.74, 6) is 0.591. The van der Waals surface area contributed by atoms with Crippen molar-refractivity contribution >= 4 is 16.8 Å². The minimum atomic E-state index is 0.591. The van der Waals surface area contributed by atoms with Gasteiger partial charge in [-0.05, 0) is 68.6 Å². The van der Waals surface area contributed by atoms with Crippen molar-refractivity contribution < 1.29 is 0 Å². The van der Waals surface area contributed by atoms with Gasteiger partial charge >= 0.3 is 0 Å². The molecule has 0 aromatic heterocycles. The lowest BCUT2D eigenvalue weighted by molar-refractivity contribution is 0.772. The van der Waals surface area contributed by atoms with Crippen molar-refractivity contribution in [2.75, 3.05) is 0 Å². The van der Waals surface area contributed by atoms with Crippen molar-refractivity contribution in [3.05, 3.63) is 102 Å². The van der Waals surface area contributed by atoms with E-state index in [0.29, 0.717) is 5.92 Å². The van der Waals surface area contributed by atoms with Crippen LogP contribution in [0.15, 0.2) is 91.0 Å². The van der Waals surface area contributed by atoms with Crippen molar-refractivity contribution in [1.29, 1.82) is 0 Å². The first-order valence-corrected chi connectivity index (χ1v) is 9.68. The third-order valence-electron chi connectivity index (χ3n) is 5.68. The normalized spacial score (nSPS) is 15.7. The Morgan fingerprint density at radius 2 is 1.33 bits per heavy atom. The predicted octanol–water partition coefficient (Wildman–Crippen LogP) is 7.69. The number of benzene rings is 4. The van der Waals surface area contributed by atoms with Crippen LogP contribution in [0.2, 0.25) is 0 Å². The topological polar surface area (TPSA) is 0 Å². The Bertz CT molecular complexity index is 1160. The van der Waals surface area contributed by atoms with Crippen molar-refractivity contribution in [2.45, 2.75) is 19.3 Å². The molecule has 0 aliphatic heterocycles. The summed E-state index contributed by atoms with van der Waals surface area (Å²) in [6.45, 7) is 2.32. The van der Waals surface area contributed by atoms with Gasteiger partial charge in [0.15, 0.2) is 0 Å². The Morgan fingerprint density at radius 3 is 2.19 bits per heavy atom. The number of hydrogen-bond acceptors (Lipinski definition) is 0. The van der Waals surface area contributed by atoms with E-state index in [0.717, 1.165) is 6.42 Å². The SMILES string of the molecule is CC1CC=Cc2ccc(-c3cccc(-c4ccc5ccccc5c4)c3)cc21. The molecule has 1 unspecified atom stereocenters. The number of hydrogen-bond donors (Lipinski definition) is 0. The van der Waals surface area contributed by atoms with Crippen molar-refractivity contribution in [3.63, 3.8) is 0 Å². The van der Waals surface area contributed by atoms with Crippen LogP contribution in [0.5, 0.6) is 0 Å². The van der Waals surface area contributed by atoms with Gasteiger partial charge in [0.2, 0.25) is 0 Å². The first kappa shape index (κ1) is 16.1. The molecule has 0 fully saturated rings. The van der Waals surface area contributed by atoms with Gasteiger partial charge < -0.3 is 0 Å². The zero-order chi connectivity index (χ0) is 18.2. The third kappa shape index (κ3) is 2.98. The lowest BCUT2D eigenvalue weighted by atomic mass is 9.86. The Morgan fingerprint density at radius 1 is 0.630 bits per heavy atom. The highest BCUT2D eigenvalue weighted by Gasteiger charge is 2.13. The van der Waals surface area contributed by atoms with Crippen molar-refractivity contribution in [2.24, 2.45) is 0 Å². The Balaban J connectivity index is 1.57. The highest BCUT2D eigenvalue weighted by molar-refractivity contribution is 5.88. The van der Waals surface area contributed by atoms with Crippen LogP contribution in [0.4, 0.5) is 0 Å². The van der Waals surface area contributed by atoms with E-state index in [4.69, 9.17) is 0 Å². The van der Waals surface area contributed by atoms with E-state index in [1.807, 2.05) is 0 Å². The van der Waals surface area contributed by atoms with Gasteiger partial charge in [0.1, 0.15) is 0 Å². The summed E-state index contributed by atoms with van der Waals surface area (Å²) in [6.07, 6.45) is 5.67. The summed E-state index contributed by atoms with van der Waals surface area (Å²) < 4.78 is 0. The van der Waals surface area contributed by atoms with E-state index in [2.05, 4.69) is 104 Å². The first-order valence-electron chi connectivity index (χ1n) is 9.68. The molecule has 1 atom stereocenters. The van der Waals surface area contributed by atoms with Gasteiger partial charge in [-0.2, -0.15) is 0 Å². The highest BCUT2D eigenvalue weighted by atomic mass is 14.2. The molecule has 0 heterocycles. The summed E-state index contributed by atoms with van der Waals surface area (Å²) in [4.78, 5) is 0. The fraction of sp³-hybridized carbons (Fsp3) is 0.111. The van der Waals surface area contributed by atoms with Crippen LogP contribution in [0.25, 0.3) is 39.1 Å². The molecular weight excluding hydrogens is 324 g/mol. The van der Waals surface area contributed by atoms with E-state index >= 15 is 0 Å². The molecule has 0 nitrogen and oxygen atoms in total. The average Bonchev–Trinajstić information content (AvgIpc) is 2.73. The maximum absolute atomic E-state index is 2.38. The molecular formula is C27H22. The van der Waals surface area contributed by atoms with E-state index in [1.54, 1.807) is 0 Å². The molecule has 0 amide bonds. The second-order valence-corrected chi connectivity index (χ2v) is 7.53. The molecule has 0 spiro atoms. The number of fused-ring (bicyclic) bond motifs is 2. The molecule has 0 saturated carbocycles. The minimum Gasteiger partial charge on any atom is -0.0833 e. The molecule has 4 aromatic carbocycles. The molecule has 1 aliphatic rings. The summed E-state index contributed by atoms with van der Waals surface area (Å²) in [7, 11) is 0. The van der Waals surface area contributed by atoms with Crippen LogP contribution in [-0.4, -0.2) is 0 Å². The largest absolute Gasteiger partial charge is 0.0833 e. The maximum Gasteiger partial charge on any atom is -0.0150 e. The third-order valence-corrected chi connectivity index (χ3v) is 5.68. The lowest BCUT2D eigenvalue weighted by Crippen LogP contribution is -2.00. The van der Waals surface area contributed by atoms with Crippen LogP contribution in [0, 0.1) is 0 Å². The van der Waals surface area contributed by atoms with Gasteiger partial charge in [-0.3, -0.25) is 0 Å². The summed E-state index contributed by atoms with van der Waals surface area (Å²) in [5, 5.41) is 2.57. The minimum absolute atomic E-state index is 0.591. The molecule has 0 bridgehead atoms. The Labute approximate surface area is 160 Å². The van der Waals surface area contributed by atoms with Crippen molar-refractivity contribution in [1.82, 2.24) is 0 Å². The van der Waals surface area contributed by atoms with Gasteiger partial charge in [0.05, 0.1) is 0 Å². The lowest BCUT2D eigenvalue weighted by Gasteiger charge is -2.19. The van der Waals surface area contributed by atoms with E-state index in [-0.39, 0.29) is 0 Å². The van der Waals surface area contributed by atoms with Crippen LogP contribution in [0.3, 0.4) is 0 Å². The van der Waals surface area contributed by atoms with Gasteiger partial charge in [-0.1, -0.05) is 91.9 Å². The van der Waals surface area contributed by atoms with E-state index in [1.165, 1.54) is 44.2 Å². The van der Waals surface area contributed by atoms with E-state index < -0.39 is 0 Å². The molecule has 0 heteroatoms. The Kier molecular flexibility index (Phi) is 3.90. The standard InChI is InChI=1S/C27H22/c1-19-6-4-9-21-13-15-26(18-27(19)21)24-11-5-10-23(17-24)25-14-12-20-7-2-3-8-22(20)16-25/h2-5,7-19H,6H2,1H3. The number of allylic oxidation sites excluding steroid dienone is 1. The van der Waals surface area contributed by atoms with E-state index in [9.17, 15) is 0 Å². The molecule has 130 valence electrons. The molecule has 0 radical (unpaired) electrons. The van der Waals surface area contributed by atoms with Crippen LogP contribution in [0.1, 0.15) is 30.4 Å². The molecule has 0 N–H and O–H groups in total. The molecule has 4 aromatic rings. The van der Waals surface area contributed by atoms with Gasteiger partial charge in [0.25, 0.3) is 0 Å². The zero-order valence-corrected chi connectivity index (χ0v) is 15.5. The molecule has 1 aliphatic carbocycles. The smallest absolute Gasteiger partial charge is 0.0150 e. The summed E-state index contributed by atoms with van der Waals surface area (Å²) in [5.41, 5.74) is 7.95. The van der Waals surface area contributed by atoms with Crippen LogP contribution >= 0.6 is 0 Å².